The minimum Gasteiger partial charge on any atom is -0.374 e. The van der Waals surface area contributed by atoms with Gasteiger partial charge < -0.3 is 4.84 Å². The van der Waals surface area contributed by atoms with E-state index in [0.29, 0.717) is 10.8 Å². The van der Waals surface area contributed by atoms with Crippen molar-refractivity contribution in [3.63, 3.8) is 0 Å². The molecule has 0 radical (unpaired) electrons. The Morgan fingerprint density at radius 1 is 1.30 bits per heavy atom. The van der Waals surface area contributed by atoms with E-state index in [0.717, 1.165) is 25.7 Å². The van der Waals surface area contributed by atoms with Crippen molar-refractivity contribution >= 4 is 29.3 Å². The lowest BCUT2D eigenvalue weighted by Gasteiger charge is -2.38. The van der Waals surface area contributed by atoms with Crippen LogP contribution in [0.4, 0.5) is 0 Å². The predicted octanol–water partition coefficient (Wildman–Crippen LogP) is 4.26. The molecule has 5 heteroatoms. The molecule has 1 saturated heterocycles. The first-order valence-corrected chi connectivity index (χ1v) is 8.32. The molecule has 1 heterocycles. The average molecular weight is 312 g/mol. The number of hydrogen-bond acceptors (Lipinski definition) is 3. The van der Waals surface area contributed by atoms with Gasteiger partial charge in [-0.15, -0.1) is 11.8 Å². The Labute approximate surface area is 128 Å². The molecule has 0 bridgehead atoms. The number of para-hydroxylation sites is 1. The van der Waals surface area contributed by atoms with Crippen LogP contribution in [-0.2, 0) is 4.79 Å². The zero-order chi connectivity index (χ0) is 14.2. The molecule has 2 fully saturated rings. The Morgan fingerprint density at radius 3 is 2.70 bits per heavy atom. The predicted molar refractivity (Wildman–Crippen MR) is 81.8 cm³/mol. The van der Waals surface area contributed by atoms with Gasteiger partial charge in [-0.2, -0.15) is 5.06 Å². The monoisotopic (exact) mass is 311 g/mol. The third kappa shape index (κ3) is 2.40. The van der Waals surface area contributed by atoms with Crippen molar-refractivity contribution in [3.8, 4) is 5.75 Å². The molecule has 1 unspecified atom stereocenters. The molecule has 1 aromatic rings. The number of amides is 1. The van der Waals surface area contributed by atoms with Gasteiger partial charge >= 0.3 is 0 Å². The highest BCUT2D eigenvalue weighted by Crippen LogP contribution is 2.50. The fourth-order valence-electron chi connectivity index (χ4n) is 2.96. The summed E-state index contributed by atoms with van der Waals surface area (Å²) in [7, 11) is 0. The molecular formula is C15H18ClNO2S. The molecule has 108 valence electrons. The van der Waals surface area contributed by atoms with Crippen LogP contribution < -0.4 is 4.84 Å². The van der Waals surface area contributed by atoms with Crippen LogP contribution in [0.1, 0.15) is 39.0 Å². The second-order valence-electron chi connectivity index (χ2n) is 5.42. The summed E-state index contributed by atoms with van der Waals surface area (Å²) >= 11 is 7.88. The van der Waals surface area contributed by atoms with Gasteiger partial charge in [0.2, 0.25) is 0 Å². The maximum absolute atomic E-state index is 12.4. The molecule has 1 amide bonds. The highest BCUT2D eigenvalue weighted by molar-refractivity contribution is 8.02. The van der Waals surface area contributed by atoms with Crippen molar-refractivity contribution in [2.45, 2.75) is 49.1 Å². The molecule has 0 aromatic heterocycles. The van der Waals surface area contributed by atoms with Gasteiger partial charge in [-0.05, 0) is 31.9 Å². The van der Waals surface area contributed by atoms with E-state index in [2.05, 4.69) is 0 Å². The summed E-state index contributed by atoms with van der Waals surface area (Å²) in [6.07, 6.45) is 5.53. The Kier molecular flexibility index (Phi) is 3.87. The van der Waals surface area contributed by atoms with E-state index in [9.17, 15) is 4.79 Å². The second kappa shape index (κ2) is 5.49. The molecule has 3 nitrogen and oxygen atoms in total. The molecular weight excluding hydrogens is 294 g/mol. The van der Waals surface area contributed by atoms with Gasteiger partial charge in [0, 0.05) is 0 Å². The lowest BCUT2D eigenvalue weighted by molar-refractivity contribution is -0.167. The van der Waals surface area contributed by atoms with E-state index in [1.165, 1.54) is 6.42 Å². The topological polar surface area (TPSA) is 29.5 Å². The number of hydrogen-bond donors (Lipinski definition) is 0. The number of thioether (sulfide) groups is 1. The maximum Gasteiger partial charge on any atom is 0.269 e. The molecule has 1 aromatic carbocycles. The molecule has 1 aliphatic heterocycles. The van der Waals surface area contributed by atoms with E-state index in [4.69, 9.17) is 16.4 Å². The first-order valence-electron chi connectivity index (χ1n) is 7.07. The zero-order valence-electron chi connectivity index (χ0n) is 11.5. The number of carbonyl (C=O) groups excluding carboxylic acids is 1. The van der Waals surface area contributed by atoms with Crippen LogP contribution in [0.3, 0.4) is 0 Å². The SMILES string of the molecule is CC1SC2(CCCCC2)N(Oc2ccccc2Cl)C1=O. The van der Waals surface area contributed by atoms with Crippen LogP contribution >= 0.6 is 23.4 Å². The second-order valence-corrected chi connectivity index (χ2v) is 7.53. The third-order valence-corrected chi connectivity index (χ3v) is 5.86. The van der Waals surface area contributed by atoms with Crippen LogP contribution in [0.5, 0.6) is 5.75 Å². The van der Waals surface area contributed by atoms with Gasteiger partial charge in [-0.3, -0.25) is 4.79 Å². The lowest BCUT2D eigenvalue weighted by atomic mass is 9.94. The molecule has 2 aliphatic rings. The molecule has 1 saturated carbocycles. The highest BCUT2D eigenvalue weighted by Gasteiger charge is 2.52. The fraction of sp³-hybridized carbons (Fsp3) is 0.533. The molecule has 20 heavy (non-hydrogen) atoms. The van der Waals surface area contributed by atoms with Crippen LogP contribution in [0, 0.1) is 0 Å². The molecule has 0 N–H and O–H groups in total. The molecule has 1 atom stereocenters. The highest BCUT2D eigenvalue weighted by atomic mass is 35.5. The van der Waals surface area contributed by atoms with Gasteiger partial charge in [0.15, 0.2) is 5.75 Å². The van der Waals surface area contributed by atoms with Crippen molar-refractivity contribution in [1.29, 1.82) is 0 Å². The average Bonchev–Trinajstić information content (AvgIpc) is 2.66. The Bertz CT molecular complexity index is 516. The van der Waals surface area contributed by atoms with Crippen molar-refractivity contribution < 1.29 is 9.63 Å². The number of carbonyl (C=O) groups is 1. The van der Waals surface area contributed by atoms with Gasteiger partial charge in [-0.25, -0.2) is 0 Å². The van der Waals surface area contributed by atoms with E-state index < -0.39 is 0 Å². The quantitative estimate of drug-likeness (QED) is 0.817. The largest absolute Gasteiger partial charge is 0.374 e. The van der Waals surface area contributed by atoms with Gasteiger partial charge in [-0.1, -0.05) is 43.0 Å². The number of halogens is 1. The summed E-state index contributed by atoms with van der Waals surface area (Å²) in [4.78, 5) is 18.1. The van der Waals surface area contributed by atoms with Gasteiger partial charge in [0.25, 0.3) is 5.91 Å². The summed E-state index contributed by atoms with van der Waals surface area (Å²) < 4.78 is 0. The van der Waals surface area contributed by atoms with Crippen molar-refractivity contribution in [1.82, 2.24) is 5.06 Å². The minimum atomic E-state index is -0.200. The summed E-state index contributed by atoms with van der Waals surface area (Å²) in [5, 5.41) is 2.09. The van der Waals surface area contributed by atoms with Crippen LogP contribution in [0.15, 0.2) is 24.3 Å². The van der Waals surface area contributed by atoms with Crippen LogP contribution in [0.2, 0.25) is 5.02 Å². The van der Waals surface area contributed by atoms with E-state index >= 15 is 0 Å². The normalized spacial score (nSPS) is 25.2. The first-order chi connectivity index (χ1) is 9.62. The summed E-state index contributed by atoms with van der Waals surface area (Å²) in [6.45, 7) is 1.96. The molecule has 3 rings (SSSR count). The van der Waals surface area contributed by atoms with E-state index in [1.807, 2.05) is 19.1 Å². The summed E-state index contributed by atoms with van der Waals surface area (Å²) in [5.41, 5.74) is 0. The van der Waals surface area contributed by atoms with E-state index in [1.54, 1.807) is 29.0 Å². The zero-order valence-corrected chi connectivity index (χ0v) is 13.0. The minimum absolute atomic E-state index is 0.0458. The number of nitrogens with zero attached hydrogens (tertiary/aromatic N) is 1. The van der Waals surface area contributed by atoms with Crippen molar-refractivity contribution in [2.24, 2.45) is 0 Å². The van der Waals surface area contributed by atoms with Crippen molar-refractivity contribution in [2.75, 3.05) is 0 Å². The first kappa shape index (κ1) is 14.1. The summed E-state index contributed by atoms with van der Waals surface area (Å²) in [5.74, 6) is 0.610. The van der Waals surface area contributed by atoms with E-state index in [-0.39, 0.29) is 16.0 Å². The number of benzene rings is 1. The third-order valence-electron chi connectivity index (χ3n) is 3.98. The Morgan fingerprint density at radius 2 is 2.00 bits per heavy atom. The Hall–Kier alpha value is -0.870. The molecule has 1 aliphatic carbocycles. The van der Waals surface area contributed by atoms with Gasteiger partial charge in [0.05, 0.1) is 10.3 Å². The maximum atomic E-state index is 12.4. The number of rotatable bonds is 2. The van der Waals surface area contributed by atoms with Gasteiger partial charge in [0.1, 0.15) is 4.87 Å². The summed E-state index contributed by atoms with van der Waals surface area (Å²) in [6, 6.07) is 7.31. The van der Waals surface area contributed by atoms with Crippen LogP contribution in [0.25, 0.3) is 0 Å². The molecule has 1 spiro atoms. The van der Waals surface area contributed by atoms with Crippen molar-refractivity contribution in [3.05, 3.63) is 29.3 Å². The smallest absolute Gasteiger partial charge is 0.269 e. The lowest BCUT2D eigenvalue weighted by Crippen LogP contribution is -2.47. The number of hydroxylamine groups is 2. The standard InChI is InChI=1S/C15H18ClNO2S/c1-11-14(18)17(15(20-11)9-5-2-6-10-15)19-13-8-4-3-7-12(13)16/h3-4,7-8,11H,2,5-6,9-10H2,1H3. The van der Waals surface area contributed by atoms with Crippen LogP contribution in [-0.4, -0.2) is 21.1 Å². The Balaban J connectivity index is 1.88. The fourth-order valence-corrected chi connectivity index (χ4v) is 4.74.